The lowest BCUT2D eigenvalue weighted by Gasteiger charge is -2.27. The molecule has 0 aromatic heterocycles. The lowest BCUT2D eigenvalue weighted by atomic mass is 10.1. The van der Waals surface area contributed by atoms with Crippen molar-refractivity contribution in [2.75, 3.05) is 39.5 Å². The minimum atomic E-state index is -0.340. The number of nitrogens with zero attached hydrogens (tertiary/aromatic N) is 2. The number of morpholine rings is 1. The van der Waals surface area contributed by atoms with Crippen LogP contribution in [0.3, 0.4) is 0 Å². The second-order valence-corrected chi connectivity index (χ2v) is 6.88. The molecule has 6 heteroatoms. The van der Waals surface area contributed by atoms with Gasteiger partial charge >= 0.3 is 0 Å². The monoisotopic (exact) mass is 370 g/mol. The van der Waals surface area contributed by atoms with E-state index in [9.17, 15) is 9.18 Å². The summed E-state index contributed by atoms with van der Waals surface area (Å²) in [4.78, 5) is 17.0. The number of halogens is 1. The first-order chi connectivity index (χ1) is 13.2. The Labute approximate surface area is 158 Å². The highest BCUT2D eigenvalue weighted by molar-refractivity contribution is 5.94. The predicted octanol–water partition coefficient (Wildman–Crippen LogP) is 2.69. The summed E-state index contributed by atoms with van der Waals surface area (Å²) in [6.07, 6.45) is 0. The van der Waals surface area contributed by atoms with E-state index in [1.807, 2.05) is 24.3 Å². The molecule has 0 N–H and O–H groups in total. The van der Waals surface area contributed by atoms with Gasteiger partial charge in [-0.15, -0.1) is 0 Å². The lowest BCUT2D eigenvalue weighted by molar-refractivity contribution is 0.0341. The van der Waals surface area contributed by atoms with E-state index in [1.54, 1.807) is 17.0 Å². The molecule has 0 unspecified atom stereocenters. The number of ether oxygens (including phenoxy) is 2. The van der Waals surface area contributed by atoms with Crippen molar-refractivity contribution in [1.29, 1.82) is 0 Å². The number of hydrogen-bond donors (Lipinski definition) is 0. The van der Waals surface area contributed by atoms with Crippen LogP contribution in [-0.2, 0) is 17.8 Å². The molecular weight excluding hydrogens is 347 g/mol. The number of fused-ring (bicyclic) bond motifs is 1. The number of hydrogen-bond acceptors (Lipinski definition) is 4. The van der Waals surface area contributed by atoms with Crippen LogP contribution in [0, 0.1) is 5.82 Å². The van der Waals surface area contributed by atoms with Gasteiger partial charge in [-0.05, 0) is 29.8 Å². The van der Waals surface area contributed by atoms with Gasteiger partial charge in [0, 0.05) is 30.8 Å². The average Bonchev–Trinajstić information content (AvgIpc) is 2.92. The standard InChI is InChI=1S/C21H23FN2O3/c22-19-5-2-6-20-18(19)15-24(9-12-27-20)21(25)17-4-1-3-16(13-17)14-23-7-10-26-11-8-23/h1-6,13H,7-12,14-15H2. The Morgan fingerprint density at radius 2 is 1.85 bits per heavy atom. The molecule has 2 heterocycles. The van der Waals surface area contributed by atoms with Gasteiger partial charge in [-0.3, -0.25) is 9.69 Å². The molecule has 0 atom stereocenters. The fourth-order valence-electron chi connectivity index (χ4n) is 3.54. The summed E-state index contributed by atoms with van der Waals surface area (Å²) < 4.78 is 25.2. The van der Waals surface area contributed by atoms with Crippen LogP contribution in [-0.4, -0.2) is 55.2 Å². The van der Waals surface area contributed by atoms with Crippen molar-refractivity contribution in [1.82, 2.24) is 9.80 Å². The Balaban J connectivity index is 1.50. The van der Waals surface area contributed by atoms with E-state index in [-0.39, 0.29) is 18.3 Å². The highest BCUT2D eigenvalue weighted by Crippen LogP contribution is 2.26. The predicted molar refractivity (Wildman–Crippen MR) is 99.2 cm³/mol. The largest absolute Gasteiger partial charge is 0.491 e. The van der Waals surface area contributed by atoms with E-state index in [1.165, 1.54) is 6.07 Å². The van der Waals surface area contributed by atoms with Gasteiger partial charge in [0.25, 0.3) is 5.91 Å². The van der Waals surface area contributed by atoms with Crippen LogP contribution in [0.2, 0.25) is 0 Å². The first-order valence-corrected chi connectivity index (χ1v) is 9.29. The van der Waals surface area contributed by atoms with Crippen LogP contribution >= 0.6 is 0 Å². The summed E-state index contributed by atoms with van der Waals surface area (Å²) in [5.41, 5.74) is 2.16. The minimum absolute atomic E-state index is 0.0986. The lowest BCUT2D eigenvalue weighted by Crippen LogP contribution is -2.36. The van der Waals surface area contributed by atoms with E-state index in [4.69, 9.17) is 9.47 Å². The summed E-state index contributed by atoms with van der Waals surface area (Å²) in [7, 11) is 0. The molecule has 2 aromatic carbocycles. The number of rotatable bonds is 3. The van der Waals surface area contributed by atoms with Crippen molar-refractivity contribution < 1.29 is 18.7 Å². The van der Waals surface area contributed by atoms with Crippen LogP contribution in [0.5, 0.6) is 5.75 Å². The maximum absolute atomic E-state index is 14.2. The number of carbonyl (C=O) groups is 1. The number of carbonyl (C=O) groups excluding carboxylic acids is 1. The van der Waals surface area contributed by atoms with Gasteiger partial charge in [-0.25, -0.2) is 4.39 Å². The van der Waals surface area contributed by atoms with Crippen LogP contribution in [0.4, 0.5) is 4.39 Å². The van der Waals surface area contributed by atoms with Crippen molar-refractivity contribution in [2.24, 2.45) is 0 Å². The quantitative estimate of drug-likeness (QED) is 0.833. The first-order valence-electron chi connectivity index (χ1n) is 9.29. The average molecular weight is 370 g/mol. The van der Waals surface area contributed by atoms with Gasteiger partial charge in [-0.1, -0.05) is 18.2 Å². The fraction of sp³-hybridized carbons (Fsp3) is 0.381. The topological polar surface area (TPSA) is 42.0 Å². The van der Waals surface area contributed by atoms with Gasteiger partial charge in [0.15, 0.2) is 0 Å². The molecule has 4 rings (SSSR count). The molecule has 0 saturated carbocycles. The highest BCUT2D eigenvalue weighted by atomic mass is 19.1. The summed E-state index contributed by atoms with van der Waals surface area (Å²) in [5.74, 6) is 0.0816. The van der Waals surface area contributed by atoms with Gasteiger partial charge in [-0.2, -0.15) is 0 Å². The van der Waals surface area contributed by atoms with E-state index in [2.05, 4.69) is 4.90 Å². The molecule has 1 amide bonds. The molecule has 0 bridgehead atoms. The molecule has 0 radical (unpaired) electrons. The number of benzene rings is 2. The molecule has 1 fully saturated rings. The second-order valence-electron chi connectivity index (χ2n) is 6.88. The van der Waals surface area contributed by atoms with E-state index < -0.39 is 0 Å². The maximum Gasteiger partial charge on any atom is 0.254 e. The molecule has 0 spiro atoms. The minimum Gasteiger partial charge on any atom is -0.491 e. The molecule has 2 aromatic rings. The molecular formula is C21H23FN2O3. The Hall–Kier alpha value is -2.44. The summed E-state index contributed by atoms with van der Waals surface area (Å²) in [5, 5.41) is 0. The van der Waals surface area contributed by atoms with Crippen LogP contribution < -0.4 is 4.74 Å². The zero-order valence-electron chi connectivity index (χ0n) is 15.2. The summed E-state index contributed by atoms with van der Waals surface area (Å²) in [6, 6.07) is 12.5. The summed E-state index contributed by atoms with van der Waals surface area (Å²) in [6.45, 7) is 5.10. The Morgan fingerprint density at radius 1 is 1.04 bits per heavy atom. The van der Waals surface area contributed by atoms with Crippen molar-refractivity contribution in [2.45, 2.75) is 13.1 Å². The van der Waals surface area contributed by atoms with Gasteiger partial charge in [0.1, 0.15) is 18.2 Å². The van der Waals surface area contributed by atoms with Crippen molar-refractivity contribution in [3.8, 4) is 5.75 Å². The maximum atomic E-state index is 14.2. The molecule has 5 nitrogen and oxygen atoms in total. The van der Waals surface area contributed by atoms with Gasteiger partial charge < -0.3 is 14.4 Å². The third-order valence-corrected chi connectivity index (χ3v) is 5.01. The molecule has 2 aliphatic rings. The third kappa shape index (κ3) is 4.12. The van der Waals surface area contributed by atoms with Crippen molar-refractivity contribution >= 4 is 5.91 Å². The van der Waals surface area contributed by atoms with Crippen LogP contribution in [0.25, 0.3) is 0 Å². The zero-order valence-corrected chi connectivity index (χ0v) is 15.2. The zero-order chi connectivity index (χ0) is 18.6. The molecule has 2 aliphatic heterocycles. The Morgan fingerprint density at radius 3 is 2.70 bits per heavy atom. The van der Waals surface area contributed by atoms with E-state index in [0.717, 1.165) is 38.4 Å². The van der Waals surface area contributed by atoms with E-state index >= 15 is 0 Å². The Kier molecular flexibility index (Phi) is 5.36. The number of amides is 1. The van der Waals surface area contributed by atoms with Gasteiger partial charge in [0.05, 0.1) is 26.3 Å². The molecule has 1 saturated heterocycles. The fourth-order valence-corrected chi connectivity index (χ4v) is 3.54. The van der Waals surface area contributed by atoms with Gasteiger partial charge in [0.2, 0.25) is 0 Å². The Bertz CT molecular complexity index is 821. The molecule has 27 heavy (non-hydrogen) atoms. The van der Waals surface area contributed by atoms with Crippen molar-refractivity contribution in [3.63, 3.8) is 0 Å². The summed E-state index contributed by atoms with van der Waals surface area (Å²) >= 11 is 0. The van der Waals surface area contributed by atoms with Crippen molar-refractivity contribution in [3.05, 3.63) is 65.0 Å². The smallest absolute Gasteiger partial charge is 0.254 e. The van der Waals surface area contributed by atoms with Crippen LogP contribution in [0.1, 0.15) is 21.5 Å². The van der Waals surface area contributed by atoms with Crippen LogP contribution in [0.15, 0.2) is 42.5 Å². The third-order valence-electron chi connectivity index (χ3n) is 5.01. The SMILES string of the molecule is O=C(c1cccc(CN2CCOCC2)c1)N1CCOc2cccc(F)c2C1. The first kappa shape index (κ1) is 17.9. The molecule has 142 valence electrons. The highest BCUT2D eigenvalue weighted by Gasteiger charge is 2.23. The normalized spacial score (nSPS) is 17.7. The van der Waals surface area contributed by atoms with E-state index in [0.29, 0.717) is 30.0 Å². The second kappa shape index (κ2) is 8.06. The molecule has 0 aliphatic carbocycles.